The molecule has 4 heterocycles. The molecule has 2 amide bonds. The number of nitrogens with one attached hydrogen (secondary N) is 1. The van der Waals surface area contributed by atoms with E-state index in [0.717, 1.165) is 32.8 Å². The Morgan fingerprint density at radius 2 is 2.14 bits per heavy atom. The molecule has 0 aromatic carbocycles. The quantitative estimate of drug-likeness (QED) is 0.146. The van der Waals surface area contributed by atoms with Crippen molar-refractivity contribution in [2.24, 2.45) is 5.16 Å². The van der Waals surface area contributed by atoms with Crippen LogP contribution in [0.4, 0.5) is 0 Å². The number of carbonyl (C=O) groups is 4. The van der Waals surface area contributed by atoms with Crippen molar-refractivity contribution in [3.63, 3.8) is 0 Å². The van der Waals surface area contributed by atoms with Gasteiger partial charge in [-0.1, -0.05) is 16.9 Å². The summed E-state index contributed by atoms with van der Waals surface area (Å²) in [7, 11) is 1.32. The number of thioether (sulfide) groups is 4. The third-order valence-corrected chi connectivity index (χ3v) is 9.64. The van der Waals surface area contributed by atoms with Gasteiger partial charge in [0.15, 0.2) is 5.71 Å². The molecule has 0 aliphatic carbocycles. The van der Waals surface area contributed by atoms with E-state index in [1.165, 1.54) is 30.6 Å². The summed E-state index contributed by atoms with van der Waals surface area (Å²) < 4.78 is 1.09. The molecule has 0 saturated carbocycles. The van der Waals surface area contributed by atoms with Gasteiger partial charge in [-0.3, -0.25) is 19.3 Å². The number of β-lactam (4-membered cyclic amide) rings is 1. The van der Waals surface area contributed by atoms with E-state index in [9.17, 15) is 24.3 Å². The lowest BCUT2D eigenvalue weighted by atomic mass is 10.0. The molecule has 1 aromatic rings. The van der Waals surface area contributed by atoms with Gasteiger partial charge in [0, 0.05) is 27.9 Å². The normalized spacial score (nSPS) is 21.9. The summed E-state index contributed by atoms with van der Waals surface area (Å²) in [5.74, 6) is -1.40. The van der Waals surface area contributed by atoms with Gasteiger partial charge in [-0.05, 0) is 21.4 Å². The lowest BCUT2D eigenvalue weighted by Crippen LogP contribution is -2.71. The van der Waals surface area contributed by atoms with Gasteiger partial charge in [0.1, 0.15) is 30.8 Å². The van der Waals surface area contributed by atoms with E-state index in [0.29, 0.717) is 10.5 Å². The highest BCUT2D eigenvalue weighted by Crippen LogP contribution is 2.41. The molecule has 14 nitrogen and oxygen atoms in total. The summed E-state index contributed by atoms with van der Waals surface area (Å²) in [6.07, 6.45) is 0. The molecular formula is C18H19N7O7S4. The van der Waals surface area contributed by atoms with Gasteiger partial charge in [0.25, 0.3) is 11.8 Å². The molecule has 0 bridgehead atoms. The minimum Gasteiger partial charge on any atom is -0.480 e. The fourth-order valence-electron chi connectivity index (χ4n) is 3.46. The van der Waals surface area contributed by atoms with E-state index in [1.54, 1.807) is 11.8 Å². The summed E-state index contributed by atoms with van der Waals surface area (Å²) in [6.45, 7) is -0.439. The minimum atomic E-state index is -1.28. The average Bonchev–Trinajstić information content (AvgIpc) is 3.30. The summed E-state index contributed by atoms with van der Waals surface area (Å²) in [5, 5.41) is 37.6. The van der Waals surface area contributed by atoms with Crippen molar-refractivity contribution < 1.29 is 34.2 Å². The molecule has 0 spiro atoms. The predicted octanol–water partition coefficient (Wildman–Crippen LogP) is -0.0878. The average molecular weight is 574 g/mol. The van der Waals surface area contributed by atoms with Crippen LogP contribution >= 0.6 is 47.0 Å². The van der Waals surface area contributed by atoms with Crippen LogP contribution in [0.1, 0.15) is 0 Å². The topological polar surface area (TPSA) is 189 Å². The predicted molar refractivity (Wildman–Crippen MR) is 133 cm³/mol. The number of rotatable bonds is 10. The maximum absolute atomic E-state index is 13.0. The van der Waals surface area contributed by atoms with Gasteiger partial charge >= 0.3 is 11.9 Å². The SMILES string of the molecule is CON=C(C(=O)NC1C(=O)N2C(C(=O)O)=C(CSc3nnnn3CC(=O)O)CS[C@H]12)C1=CSCCS1. The molecule has 1 unspecified atom stereocenters. The molecule has 36 heavy (non-hydrogen) atoms. The molecule has 2 atom stereocenters. The largest absolute Gasteiger partial charge is 0.480 e. The Hall–Kier alpha value is -2.70. The van der Waals surface area contributed by atoms with Gasteiger partial charge in [-0.2, -0.15) is 0 Å². The van der Waals surface area contributed by atoms with Gasteiger partial charge in [0.05, 0.1) is 0 Å². The smallest absolute Gasteiger partial charge is 0.352 e. The zero-order chi connectivity index (χ0) is 25.8. The van der Waals surface area contributed by atoms with Crippen molar-refractivity contribution in [1.29, 1.82) is 0 Å². The highest BCUT2D eigenvalue weighted by molar-refractivity contribution is 8.10. The Morgan fingerprint density at radius 1 is 1.33 bits per heavy atom. The van der Waals surface area contributed by atoms with Crippen molar-refractivity contribution >= 4 is 76.5 Å². The molecule has 3 N–H and O–H groups in total. The second-order valence-corrected chi connectivity index (χ2v) is 11.4. The molecule has 0 radical (unpaired) electrons. The molecule has 192 valence electrons. The summed E-state index contributed by atoms with van der Waals surface area (Å²) in [5.41, 5.74) is 0.359. The Balaban J connectivity index is 1.47. The van der Waals surface area contributed by atoms with Crippen molar-refractivity contribution in [3.05, 3.63) is 21.6 Å². The maximum atomic E-state index is 13.0. The number of carboxylic acid groups (broad SMARTS) is 2. The van der Waals surface area contributed by atoms with Gasteiger partial charge in [0.2, 0.25) is 5.16 Å². The highest BCUT2D eigenvalue weighted by atomic mass is 32.2. The standard InChI is InChI=1S/C18H19N7O7S4/c1-32-21-11(9-7-33-2-3-34-9)14(28)19-12-15(29)25-13(17(30)31)8(5-35-16(12)25)6-36-18-20-22-23-24(18)4-10(26)27/h7,12,16H,2-6H2,1H3,(H,19,28)(H,26,27)(H,30,31)/t12?,16-/m1/s1. The van der Waals surface area contributed by atoms with Crippen LogP contribution in [-0.2, 0) is 30.6 Å². The van der Waals surface area contributed by atoms with Crippen LogP contribution < -0.4 is 5.32 Å². The second kappa shape index (κ2) is 11.6. The maximum Gasteiger partial charge on any atom is 0.352 e. The van der Waals surface area contributed by atoms with Crippen LogP contribution in [0.25, 0.3) is 0 Å². The summed E-state index contributed by atoms with van der Waals surface area (Å²) >= 11 is 5.40. The van der Waals surface area contributed by atoms with Gasteiger partial charge in [-0.25, -0.2) is 9.48 Å². The Kier molecular flexibility index (Phi) is 8.47. The zero-order valence-electron chi connectivity index (χ0n) is 18.5. The number of carbonyl (C=O) groups excluding carboxylic acids is 2. The van der Waals surface area contributed by atoms with Gasteiger partial charge in [-0.15, -0.1) is 40.4 Å². The van der Waals surface area contributed by atoms with Crippen molar-refractivity contribution in [1.82, 2.24) is 30.4 Å². The van der Waals surface area contributed by atoms with Crippen LogP contribution in [0.15, 0.2) is 31.9 Å². The number of hydrogen-bond acceptors (Lipinski definition) is 13. The van der Waals surface area contributed by atoms with Crippen LogP contribution in [-0.4, -0.2) is 106 Å². The minimum absolute atomic E-state index is 0.0620. The van der Waals surface area contributed by atoms with E-state index in [4.69, 9.17) is 9.94 Å². The van der Waals surface area contributed by atoms with Crippen LogP contribution in [0, 0.1) is 0 Å². The third kappa shape index (κ3) is 5.50. The first-order valence-corrected chi connectivity index (χ1v) is 14.3. The molecule has 4 rings (SSSR count). The Bertz CT molecular complexity index is 1180. The second-order valence-electron chi connectivity index (χ2n) is 7.24. The highest BCUT2D eigenvalue weighted by Gasteiger charge is 2.54. The fraction of sp³-hybridized carbons (Fsp3) is 0.444. The summed E-state index contributed by atoms with van der Waals surface area (Å²) in [4.78, 5) is 55.5. The van der Waals surface area contributed by atoms with Crippen LogP contribution in [0.3, 0.4) is 0 Å². The number of fused-ring (bicyclic) bond motifs is 1. The number of amides is 2. The van der Waals surface area contributed by atoms with E-state index in [1.807, 2.05) is 5.41 Å². The number of aromatic nitrogens is 4. The van der Waals surface area contributed by atoms with E-state index in [-0.39, 0.29) is 28.1 Å². The fourth-order valence-corrected chi connectivity index (χ4v) is 7.89. The lowest BCUT2D eigenvalue weighted by molar-refractivity contribution is -0.150. The first-order valence-electron chi connectivity index (χ1n) is 10.2. The monoisotopic (exact) mass is 573 g/mol. The van der Waals surface area contributed by atoms with Crippen LogP contribution in [0.5, 0.6) is 0 Å². The van der Waals surface area contributed by atoms with Gasteiger partial charge < -0.3 is 20.4 Å². The third-order valence-electron chi connectivity index (χ3n) is 4.98. The van der Waals surface area contributed by atoms with Crippen molar-refractivity contribution in [2.45, 2.75) is 23.1 Å². The summed E-state index contributed by atoms with van der Waals surface area (Å²) in [6, 6.07) is -0.919. The molecular weight excluding hydrogens is 555 g/mol. The Labute approximate surface area is 220 Å². The first kappa shape index (κ1) is 26.4. The van der Waals surface area contributed by atoms with E-state index < -0.39 is 41.7 Å². The van der Waals surface area contributed by atoms with E-state index >= 15 is 0 Å². The zero-order valence-corrected chi connectivity index (χ0v) is 21.8. The number of carboxylic acids is 2. The van der Waals surface area contributed by atoms with Crippen molar-refractivity contribution in [2.75, 3.05) is 30.1 Å². The number of tetrazole rings is 1. The molecule has 18 heteroatoms. The van der Waals surface area contributed by atoms with Crippen LogP contribution in [0.2, 0.25) is 0 Å². The molecule has 1 fully saturated rings. The number of oxime groups is 1. The number of aliphatic carboxylic acids is 2. The molecule has 1 aromatic heterocycles. The van der Waals surface area contributed by atoms with Crippen molar-refractivity contribution in [3.8, 4) is 0 Å². The number of nitrogens with zero attached hydrogens (tertiary/aromatic N) is 6. The molecule has 1 saturated heterocycles. The Morgan fingerprint density at radius 3 is 2.81 bits per heavy atom. The van der Waals surface area contributed by atoms with E-state index in [2.05, 4.69) is 26.0 Å². The lowest BCUT2D eigenvalue weighted by Gasteiger charge is -2.49. The number of hydrogen-bond donors (Lipinski definition) is 3. The first-order chi connectivity index (χ1) is 17.3. The molecule has 3 aliphatic rings. The molecule has 3 aliphatic heterocycles.